The van der Waals surface area contributed by atoms with Gasteiger partial charge < -0.3 is 14.5 Å². The van der Waals surface area contributed by atoms with E-state index in [2.05, 4.69) is 35.5 Å². The third-order valence-corrected chi connectivity index (χ3v) is 8.20. The molecule has 0 radical (unpaired) electrons. The van der Waals surface area contributed by atoms with E-state index in [-0.39, 0.29) is 28.6 Å². The van der Waals surface area contributed by atoms with E-state index >= 15 is 4.39 Å². The first-order valence-corrected chi connectivity index (χ1v) is 13.3. The number of hydrogen-bond donors (Lipinski definition) is 2. The van der Waals surface area contributed by atoms with Gasteiger partial charge in [-0.1, -0.05) is 17.7 Å². The van der Waals surface area contributed by atoms with Gasteiger partial charge in [0.05, 0.1) is 22.8 Å². The third-order valence-electron chi connectivity index (χ3n) is 7.96. The summed E-state index contributed by atoms with van der Waals surface area (Å²) in [5, 5.41) is 12.0. The Hall–Kier alpha value is -4.97. The Bertz CT molecular complexity index is 2150. The number of aromatic nitrogens is 9. The quantitative estimate of drug-likeness (QED) is 0.329. The number of nitrogens with one attached hydrogen (secondary N) is 2. The van der Waals surface area contributed by atoms with Crippen molar-refractivity contribution in [3.63, 3.8) is 0 Å². The van der Waals surface area contributed by atoms with Gasteiger partial charge in [-0.05, 0) is 71.7 Å². The third kappa shape index (κ3) is 3.67. The zero-order valence-corrected chi connectivity index (χ0v) is 22.1. The molecule has 13 heteroatoms. The first-order valence-electron chi connectivity index (χ1n) is 12.9. The highest BCUT2D eigenvalue weighted by Gasteiger charge is 2.54. The van der Waals surface area contributed by atoms with Crippen molar-refractivity contribution in [2.24, 2.45) is 5.92 Å². The summed E-state index contributed by atoms with van der Waals surface area (Å²) in [5.74, 6) is 0.0764. The van der Waals surface area contributed by atoms with E-state index in [0.717, 1.165) is 17.7 Å². The van der Waals surface area contributed by atoms with Gasteiger partial charge in [-0.15, -0.1) is 5.10 Å². The zero-order chi connectivity index (χ0) is 28.0. The fourth-order valence-electron chi connectivity index (χ4n) is 5.99. The van der Waals surface area contributed by atoms with Crippen molar-refractivity contribution in [3.8, 4) is 28.1 Å². The summed E-state index contributed by atoms with van der Waals surface area (Å²) in [5.41, 5.74) is 4.54. The minimum atomic E-state index is -0.596. The molecule has 1 saturated carbocycles. The largest absolute Gasteiger partial charge is 0.319 e. The number of imidazole rings is 1. The van der Waals surface area contributed by atoms with Crippen LogP contribution >= 0.6 is 11.6 Å². The van der Waals surface area contributed by atoms with Crippen molar-refractivity contribution in [1.82, 2.24) is 44.7 Å². The molecule has 2 N–H and O–H groups in total. The summed E-state index contributed by atoms with van der Waals surface area (Å²) in [6.45, 7) is 1.62. The van der Waals surface area contributed by atoms with Crippen LogP contribution in [0.4, 0.5) is 4.39 Å². The van der Waals surface area contributed by atoms with Gasteiger partial charge in [-0.25, -0.2) is 9.97 Å². The van der Waals surface area contributed by atoms with E-state index in [1.165, 1.54) is 11.0 Å². The van der Waals surface area contributed by atoms with Crippen molar-refractivity contribution in [1.29, 1.82) is 0 Å². The number of halogens is 2. The second-order valence-electron chi connectivity index (χ2n) is 10.4. The SMILES string of the molecule is Cc1nc2cc(-c3nc(C4C5CC5c5cc(-c6cc(Cl)ccc6-n6cnnn6)cc(=O)n54)[nH]c3F)ccc2[nH]c1=O. The Labute approximate surface area is 234 Å². The molecule has 1 aliphatic carbocycles. The molecule has 4 aromatic heterocycles. The maximum absolute atomic E-state index is 15.3. The predicted octanol–water partition coefficient (Wildman–Crippen LogP) is 3.93. The van der Waals surface area contributed by atoms with E-state index in [1.807, 2.05) is 6.07 Å². The molecule has 5 heterocycles. The number of fused-ring (bicyclic) bond motifs is 4. The highest BCUT2D eigenvalue weighted by atomic mass is 35.5. The molecule has 41 heavy (non-hydrogen) atoms. The molecule has 8 rings (SSSR count). The number of rotatable bonds is 4. The fourth-order valence-corrected chi connectivity index (χ4v) is 6.16. The summed E-state index contributed by atoms with van der Waals surface area (Å²) >= 11 is 6.33. The maximum atomic E-state index is 15.3. The van der Waals surface area contributed by atoms with Gasteiger partial charge in [0.25, 0.3) is 11.1 Å². The van der Waals surface area contributed by atoms with Crippen LogP contribution in [0.25, 0.3) is 39.1 Å². The molecule has 11 nitrogen and oxygen atoms in total. The van der Waals surface area contributed by atoms with E-state index in [1.54, 1.807) is 54.0 Å². The number of benzene rings is 2. The van der Waals surface area contributed by atoms with Crippen molar-refractivity contribution in [2.45, 2.75) is 25.3 Å². The molecular weight excluding hydrogens is 549 g/mol. The number of H-pyrrole nitrogens is 2. The van der Waals surface area contributed by atoms with Crippen LogP contribution in [0.1, 0.15) is 35.6 Å². The molecule has 0 amide bonds. The number of pyridine rings is 1. The first kappa shape index (κ1) is 23.9. The van der Waals surface area contributed by atoms with Crippen LogP contribution in [0.2, 0.25) is 5.02 Å². The Morgan fingerprint density at radius 2 is 1.90 bits per heavy atom. The van der Waals surface area contributed by atoms with Gasteiger partial charge in [-0.2, -0.15) is 9.07 Å². The summed E-state index contributed by atoms with van der Waals surface area (Å²) < 4.78 is 18.5. The van der Waals surface area contributed by atoms with E-state index < -0.39 is 12.0 Å². The second-order valence-corrected chi connectivity index (χ2v) is 10.8. The molecule has 1 aliphatic heterocycles. The van der Waals surface area contributed by atoms with Crippen LogP contribution in [0.15, 0.2) is 64.4 Å². The molecular formula is C28H19ClFN9O2. The van der Waals surface area contributed by atoms with Crippen molar-refractivity contribution >= 4 is 22.6 Å². The fraction of sp³-hybridized carbons (Fsp3) is 0.179. The van der Waals surface area contributed by atoms with Crippen molar-refractivity contribution in [3.05, 3.63) is 104 Å². The highest BCUT2D eigenvalue weighted by Crippen LogP contribution is 2.60. The Balaban J connectivity index is 1.21. The molecule has 2 aromatic carbocycles. The number of nitrogens with zero attached hydrogens (tertiary/aromatic N) is 7. The average Bonchev–Trinajstić information content (AvgIpc) is 3.25. The van der Waals surface area contributed by atoms with Crippen LogP contribution in [-0.4, -0.2) is 44.7 Å². The molecule has 6 aromatic rings. The lowest BCUT2D eigenvalue weighted by molar-refractivity contribution is 0.504. The second kappa shape index (κ2) is 8.51. The van der Waals surface area contributed by atoms with Crippen molar-refractivity contribution < 1.29 is 4.39 Å². The monoisotopic (exact) mass is 567 g/mol. The smallest absolute Gasteiger partial charge is 0.269 e. The van der Waals surface area contributed by atoms with E-state index in [4.69, 9.17) is 11.6 Å². The standard InChI is InChI=1S/C28H19ClFN9O2/c1-12-28(41)33-19-4-2-13(6-20(19)32-12)24-26(30)35-27(34-24)25-18-10-17(18)22-7-14(8-23(40)39(22)25)16-9-15(29)3-5-21(16)38-11-31-36-37-38/h2-9,11,17-18,25H,10H2,1H3,(H,33,41)(H,34,35). The Kier molecular flexibility index (Phi) is 4.96. The van der Waals surface area contributed by atoms with Crippen LogP contribution in [-0.2, 0) is 0 Å². The Morgan fingerprint density at radius 1 is 1.02 bits per heavy atom. The predicted molar refractivity (Wildman–Crippen MR) is 147 cm³/mol. The van der Waals surface area contributed by atoms with Gasteiger partial charge in [0.15, 0.2) is 0 Å². The van der Waals surface area contributed by atoms with Gasteiger partial charge in [0.2, 0.25) is 5.95 Å². The molecule has 1 fully saturated rings. The lowest BCUT2D eigenvalue weighted by Gasteiger charge is -2.17. The van der Waals surface area contributed by atoms with Crippen molar-refractivity contribution in [2.75, 3.05) is 0 Å². The first-order chi connectivity index (χ1) is 19.9. The molecule has 0 bridgehead atoms. The van der Waals surface area contributed by atoms with E-state index in [9.17, 15) is 9.59 Å². The molecule has 2 aliphatic rings. The minimum absolute atomic E-state index is 0.126. The lowest BCUT2D eigenvalue weighted by atomic mass is 10.0. The number of tetrazole rings is 1. The maximum Gasteiger partial charge on any atom is 0.269 e. The molecule has 3 unspecified atom stereocenters. The van der Waals surface area contributed by atoms with Gasteiger partial charge in [0.1, 0.15) is 23.5 Å². The van der Waals surface area contributed by atoms with Gasteiger partial charge in [-0.3, -0.25) is 9.59 Å². The molecule has 0 spiro atoms. The lowest BCUT2D eigenvalue weighted by Crippen LogP contribution is -2.26. The van der Waals surface area contributed by atoms with Crippen LogP contribution in [0.3, 0.4) is 0 Å². The molecule has 202 valence electrons. The number of aromatic amines is 2. The Morgan fingerprint density at radius 3 is 2.73 bits per heavy atom. The van der Waals surface area contributed by atoms with Gasteiger partial charge in [0, 0.05) is 33.8 Å². The minimum Gasteiger partial charge on any atom is -0.319 e. The molecule has 0 saturated heterocycles. The number of hydrogen-bond acceptors (Lipinski definition) is 7. The van der Waals surface area contributed by atoms with Crippen LogP contribution < -0.4 is 11.1 Å². The van der Waals surface area contributed by atoms with E-state index in [0.29, 0.717) is 44.4 Å². The van der Waals surface area contributed by atoms with Crippen LogP contribution in [0.5, 0.6) is 0 Å². The summed E-state index contributed by atoms with van der Waals surface area (Å²) in [6, 6.07) is 13.5. The summed E-state index contributed by atoms with van der Waals surface area (Å²) in [7, 11) is 0. The van der Waals surface area contributed by atoms with Crippen LogP contribution in [0, 0.1) is 18.8 Å². The average molecular weight is 568 g/mol. The normalized spacial score (nSPS) is 19.0. The highest BCUT2D eigenvalue weighted by molar-refractivity contribution is 6.31. The van der Waals surface area contributed by atoms with Gasteiger partial charge >= 0.3 is 0 Å². The molecule has 3 atom stereocenters. The topological polar surface area (TPSA) is 140 Å². The summed E-state index contributed by atoms with van der Waals surface area (Å²) in [4.78, 5) is 40.0. The zero-order valence-electron chi connectivity index (χ0n) is 21.3. The number of aryl methyl sites for hydroxylation is 1. The summed E-state index contributed by atoms with van der Waals surface area (Å²) in [6.07, 6.45) is 2.35.